The van der Waals surface area contributed by atoms with Gasteiger partial charge in [0.2, 0.25) is 0 Å². The highest BCUT2D eigenvalue weighted by atomic mass is 16.5. The number of hydrogen-bond donors (Lipinski definition) is 0. The van der Waals surface area contributed by atoms with Crippen LogP contribution in [0.2, 0.25) is 0 Å². The van der Waals surface area contributed by atoms with Gasteiger partial charge in [0.25, 0.3) is 0 Å². The van der Waals surface area contributed by atoms with Gasteiger partial charge in [-0.05, 0) is 69.8 Å². The number of nitrogens with zero attached hydrogens (tertiary/aromatic N) is 4. The summed E-state index contributed by atoms with van der Waals surface area (Å²) >= 11 is 0. The molecule has 1 aliphatic rings. The van der Waals surface area contributed by atoms with Crippen LogP contribution in [0.15, 0.2) is 206 Å². The van der Waals surface area contributed by atoms with Gasteiger partial charge in [0, 0.05) is 27.8 Å². The Kier molecular flexibility index (Phi) is 8.70. The molecule has 5 heteroatoms. The molecule has 0 unspecified atom stereocenters. The van der Waals surface area contributed by atoms with Crippen molar-refractivity contribution in [1.29, 1.82) is 5.26 Å². The van der Waals surface area contributed by atoms with E-state index in [1.54, 1.807) is 0 Å². The molecule has 0 aliphatic carbocycles. The number of nitriles is 1. The SMILES string of the molecule is N#Cc1ccc(-c2cccc(-c3nc(-c4cccc(-c5ccccc5)c4)nc(-c4ccc5c(c4)Oc4ccccc4C5(c4ccccc4)c4ccccc4)n3)c2)cc1. The van der Waals surface area contributed by atoms with Crippen LogP contribution in [0.1, 0.15) is 27.8 Å². The molecular formula is C53H34N4O. The highest BCUT2D eigenvalue weighted by Gasteiger charge is 2.45. The van der Waals surface area contributed by atoms with Gasteiger partial charge in [0.05, 0.1) is 17.0 Å². The Bertz CT molecular complexity index is 2940. The van der Waals surface area contributed by atoms with Crippen LogP contribution in [0, 0.1) is 11.3 Å². The molecule has 5 nitrogen and oxygen atoms in total. The predicted molar refractivity (Wildman–Crippen MR) is 230 cm³/mol. The molecule has 10 rings (SSSR count). The van der Waals surface area contributed by atoms with Crippen LogP contribution in [-0.4, -0.2) is 15.0 Å². The predicted octanol–water partition coefficient (Wildman–Crippen LogP) is 12.6. The molecule has 0 saturated carbocycles. The van der Waals surface area contributed by atoms with E-state index in [-0.39, 0.29) is 0 Å². The van der Waals surface area contributed by atoms with Crippen molar-refractivity contribution in [2.24, 2.45) is 0 Å². The van der Waals surface area contributed by atoms with E-state index in [0.717, 1.165) is 72.7 Å². The smallest absolute Gasteiger partial charge is 0.164 e. The molecule has 272 valence electrons. The Morgan fingerprint density at radius 3 is 1.36 bits per heavy atom. The summed E-state index contributed by atoms with van der Waals surface area (Å²) in [4.78, 5) is 15.5. The molecular weight excluding hydrogens is 709 g/mol. The number of fused-ring (bicyclic) bond motifs is 2. The summed E-state index contributed by atoms with van der Waals surface area (Å²) in [6, 6.07) is 72.6. The minimum absolute atomic E-state index is 0.532. The molecule has 0 spiro atoms. The van der Waals surface area contributed by atoms with Crippen LogP contribution >= 0.6 is 0 Å². The molecule has 0 N–H and O–H groups in total. The summed E-state index contributed by atoms with van der Waals surface area (Å²) in [5, 5.41) is 9.37. The normalized spacial score (nSPS) is 12.4. The fourth-order valence-corrected chi connectivity index (χ4v) is 8.16. The first-order valence-corrected chi connectivity index (χ1v) is 19.2. The molecule has 1 aromatic heterocycles. The minimum atomic E-state index is -0.635. The van der Waals surface area contributed by atoms with Gasteiger partial charge in [0.1, 0.15) is 11.5 Å². The summed E-state index contributed by atoms with van der Waals surface area (Å²) < 4.78 is 6.82. The average Bonchev–Trinajstić information content (AvgIpc) is 3.31. The van der Waals surface area contributed by atoms with Gasteiger partial charge < -0.3 is 4.74 Å². The number of rotatable bonds is 7. The molecule has 0 saturated heterocycles. The second-order valence-corrected chi connectivity index (χ2v) is 14.3. The lowest BCUT2D eigenvalue weighted by Crippen LogP contribution is -2.34. The maximum absolute atomic E-state index is 9.37. The number of para-hydroxylation sites is 1. The van der Waals surface area contributed by atoms with Gasteiger partial charge in [-0.25, -0.2) is 15.0 Å². The Balaban J connectivity index is 1.16. The molecule has 8 aromatic carbocycles. The van der Waals surface area contributed by atoms with Crippen molar-refractivity contribution >= 4 is 0 Å². The first-order valence-electron chi connectivity index (χ1n) is 19.2. The van der Waals surface area contributed by atoms with Gasteiger partial charge >= 0.3 is 0 Å². The molecule has 0 fully saturated rings. The van der Waals surface area contributed by atoms with Crippen LogP contribution in [0.5, 0.6) is 11.5 Å². The maximum Gasteiger partial charge on any atom is 0.164 e. The molecule has 9 aromatic rings. The summed E-state index contributed by atoms with van der Waals surface area (Å²) in [6.45, 7) is 0. The van der Waals surface area contributed by atoms with E-state index < -0.39 is 5.41 Å². The molecule has 58 heavy (non-hydrogen) atoms. The summed E-state index contributed by atoms with van der Waals surface area (Å²) in [7, 11) is 0. The fourth-order valence-electron chi connectivity index (χ4n) is 8.16. The first kappa shape index (κ1) is 34.5. The third-order valence-corrected chi connectivity index (χ3v) is 10.9. The maximum atomic E-state index is 9.37. The van der Waals surface area contributed by atoms with Gasteiger partial charge in [-0.15, -0.1) is 0 Å². The number of ether oxygens (including phenoxy) is 1. The van der Waals surface area contributed by atoms with Gasteiger partial charge in [-0.2, -0.15) is 5.26 Å². The van der Waals surface area contributed by atoms with E-state index >= 15 is 0 Å². The third kappa shape index (κ3) is 6.10. The Hall–Kier alpha value is -7.94. The van der Waals surface area contributed by atoms with Crippen molar-refractivity contribution in [3.05, 3.63) is 234 Å². The Labute approximate surface area is 337 Å². The van der Waals surface area contributed by atoms with Crippen LogP contribution in [0.3, 0.4) is 0 Å². The van der Waals surface area contributed by atoms with Crippen LogP contribution < -0.4 is 4.74 Å². The quantitative estimate of drug-likeness (QED) is 0.163. The monoisotopic (exact) mass is 742 g/mol. The molecule has 0 radical (unpaired) electrons. The van der Waals surface area contributed by atoms with Crippen molar-refractivity contribution in [3.63, 3.8) is 0 Å². The van der Waals surface area contributed by atoms with Crippen molar-refractivity contribution in [3.8, 4) is 74.0 Å². The van der Waals surface area contributed by atoms with Crippen molar-refractivity contribution in [1.82, 2.24) is 15.0 Å². The molecule has 1 aliphatic heterocycles. The van der Waals surface area contributed by atoms with Crippen LogP contribution in [-0.2, 0) is 5.41 Å². The van der Waals surface area contributed by atoms with E-state index in [1.807, 2.05) is 78.9 Å². The zero-order valence-electron chi connectivity index (χ0n) is 31.3. The van der Waals surface area contributed by atoms with Crippen molar-refractivity contribution in [2.75, 3.05) is 0 Å². The molecule has 0 bridgehead atoms. The average molecular weight is 743 g/mol. The van der Waals surface area contributed by atoms with Gasteiger partial charge in [0.15, 0.2) is 17.5 Å². The van der Waals surface area contributed by atoms with Gasteiger partial charge in [-0.3, -0.25) is 0 Å². The van der Waals surface area contributed by atoms with E-state index in [2.05, 4.69) is 133 Å². The second kappa shape index (κ2) is 14.6. The highest BCUT2D eigenvalue weighted by molar-refractivity contribution is 5.77. The number of benzene rings is 8. The molecule has 0 atom stereocenters. The van der Waals surface area contributed by atoms with E-state index in [0.29, 0.717) is 23.0 Å². The lowest BCUT2D eigenvalue weighted by molar-refractivity contribution is 0.434. The lowest BCUT2D eigenvalue weighted by Gasteiger charge is -2.41. The molecule has 2 heterocycles. The van der Waals surface area contributed by atoms with E-state index in [1.165, 1.54) is 0 Å². The van der Waals surface area contributed by atoms with Crippen LogP contribution in [0.4, 0.5) is 0 Å². The zero-order chi connectivity index (χ0) is 38.9. The number of aromatic nitrogens is 3. The van der Waals surface area contributed by atoms with Gasteiger partial charge in [-0.1, -0.05) is 170 Å². The standard InChI is InChI=1S/C53H34N4O/c54-35-36-26-28-38(29-27-36)40-17-13-19-42(33-40)51-55-50(41-18-12-16-39(32-41)37-14-4-1-5-15-37)56-52(57-51)43-30-31-47-49(34-43)58-48-25-11-10-24-46(48)53(47,44-20-6-2-7-21-44)45-22-8-3-9-23-45/h1-34H. The lowest BCUT2D eigenvalue weighted by atomic mass is 9.63. The Morgan fingerprint density at radius 2 is 0.793 bits per heavy atom. The van der Waals surface area contributed by atoms with Crippen molar-refractivity contribution in [2.45, 2.75) is 5.41 Å². The second-order valence-electron chi connectivity index (χ2n) is 14.3. The third-order valence-electron chi connectivity index (χ3n) is 10.9. The summed E-state index contributed by atoms with van der Waals surface area (Å²) in [5.74, 6) is 3.18. The number of hydrogen-bond acceptors (Lipinski definition) is 5. The molecule has 0 amide bonds. The largest absolute Gasteiger partial charge is 0.457 e. The fraction of sp³-hybridized carbons (Fsp3) is 0.0189. The zero-order valence-corrected chi connectivity index (χ0v) is 31.3. The highest BCUT2D eigenvalue weighted by Crippen LogP contribution is 2.55. The van der Waals surface area contributed by atoms with Crippen LogP contribution in [0.25, 0.3) is 56.4 Å². The Morgan fingerprint density at radius 1 is 0.362 bits per heavy atom. The van der Waals surface area contributed by atoms with Crippen molar-refractivity contribution < 1.29 is 4.74 Å². The van der Waals surface area contributed by atoms with E-state index in [4.69, 9.17) is 19.7 Å². The van der Waals surface area contributed by atoms with E-state index in [9.17, 15) is 5.26 Å². The summed E-state index contributed by atoms with van der Waals surface area (Å²) in [5.41, 5.74) is 11.1. The minimum Gasteiger partial charge on any atom is -0.457 e. The summed E-state index contributed by atoms with van der Waals surface area (Å²) in [6.07, 6.45) is 0. The topological polar surface area (TPSA) is 71.7 Å². The first-order chi connectivity index (χ1) is 28.7.